The van der Waals surface area contributed by atoms with Gasteiger partial charge in [-0.3, -0.25) is 0 Å². The van der Waals surface area contributed by atoms with E-state index in [4.69, 9.17) is 23.2 Å². The molecule has 1 N–H and O–H groups in total. The topological polar surface area (TPSA) is 37.8 Å². The largest absolute Gasteiger partial charge is 0.339 e. The number of anilines is 2. The number of halogens is 3. The van der Waals surface area contributed by atoms with Crippen molar-refractivity contribution in [3.8, 4) is 0 Å². The highest BCUT2D eigenvalue weighted by Crippen LogP contribution is 2.26. The number of benzene rings is 1. The second-order valence-corrected chi connectivity index (χ2v) is 5.13. The summed E-state index contributed by atoms with van der Waals surface area (Å²) < 4.78 is 13.2. The van der Waals surface area contributed by atoms with E-state index in [0.717, 1.165) is 0 Å². The molecule has 0 atom stereocenters. The molecule has 2 aromatic rings. The van der Waals surface area contributed by atoms with Crippen LogP contribution in [0.25, 0.3) is 0 Å². The third-order valence-corrected chi connectivity index (χ3v) is 2.94. The molecule has 0 aliphatic carbocycles. The Bertz CT molecular complexity index is 602. The van der Waals surface area contributed by atoms with Crippen molar-refractivity contribution in [3.63, 3.8) is 0 Å². The van der Waals surface area contributed by atoms with Crippen LogP contribution in [0.5, 0.6) is 0 Å². The van der Waals surface area contributed by atoms with Gasteiger partial charge in [-0.1, -0.05) is 37.0 Å². The molecule has 0 amide bonds. The Labute approximate surface area is 120 Å². The fourth-order valence-corrected chi connectivity index (χ4v) is 1.84. The number of nitrogens with one attached hydrogen (secondary N) is 1. The zero-order chi connectivity index (χ0) is 14.0. The van der Waals surface area contributed by atoms with Crippen LogP contribution in [0.1, 0.15) is 25.6 Å². The van der Waals surface area contributed by atoms with Crippen molar-refractivity contribution in [1.82, 2.24) is 9.97 Å². The van der Waals surface area contributed by atoms with E-state index in [1.54, 1.807) is 6.07 Å². The third kappa shape index (κ3) is 3.55. The molecule has 2 rings (SSSR count). The average molecular weight is 300 g/mol. The maximum atomic E-state index is 13.2. The van der Waals surface area contributed by atoms with Crippen LogP contribution in [0.15, 0.2) is 24.3 Å². The molecule has 0 fully saturated rings. The lowest BCUT2D eigenvalue weighted by atomic mass is 10.2. The Kier molecular flexibility index (Phi) is 4.22. The van der Waals surface area contributed by atoms with E-state index in [2.05, 4.69) is 15.3 Å². The number of rotatable bonds is 3. The van der Waals surface area contributed by atoms with E-state index in [0.29, 0.717) is 27.5 Å². The first-order valence-electron chi connectivity index (χ1n) is 5.72. The first kappa shape index (κ1) is 14.0. The fraction of sp³-hybridized carbons (Fsp3) is 0.231. The van der Waals surface area contributed by atoms with Crippen molar-refractivity contribution in [1.29, 1.82) is 0 Å². The first-order valence-corrected chi connectivity index (χ1v) is 6.48. The highest BCUT2D eigenvalue weighted by molar-refractivity contribution is 6.33. The van der Waals surface area contributed by atoms with Crippen molar-refractivity contribution >= 4 is 34.7 Å². The van der Waals surface area contributed by atoms with Crippen LogP contribution in [0.3, 0.4) is 0 Å². The molecule has 0 spiro atoms. The van der Waals surface area contributed by atoms with Gasteiger partial charge in [-0.15, -0.1) is 0 Å². The van der Waals surface area contributed by atoms with E-state index >= 15 is 0 Å². The van der Waals surface area contributed by atoms with Crippen LogP contribution < -0.4 is 5.32 Å². The van der Waals surface area contributed by atoms with Crippen molar-refractivity contribution in [2.24, 2.45) is 0 Å². The molecule has 1 heterocycles. The maximum Gasteiger partial charge on any atom is 0.135 e. The molecule has 6 heteroatoms. The Morgan fingerprint density at radius 2 is 1.89 bits per heavy atom. The summed E-state index contributed by atoms with van der Waals surface area (Å²) >= 11 is 11.9. The summed E-state index contributed by atoms with van der Waals surface area (Å²) in [5.41, 5.74) is 0.436. The van der Waals surface area contributed by atoms with Crippen molar-refractivity contribution in [2.45, 2.75) is 19.8 Å². The van der Waals surface area contributed by atoms with Crippen molar-refractivity contribution in [3.05, 3.63) is 46.1 Å². The zero-order valence-electron chi connectivity index (χ0n) is 10.4. The molecule has 0 saturated heterocycles. The monoisotopic (exact) mass is 299 g/mol. The summed E-state index contributed by atoms with van der Waals surface area (Å²) in [5.74, 6) is 0.858. The van der Waals surface area contributed by atoms with Crippen molar-refractivity contribution < 1.29 is 4.39 Å². The molecule has 0 bridgehead atoms. The minimum absolute atomic E-state index is 0.141. The van der Waals surface area contributed by atoms with Crippen LogP contribution in [0.4, 0.5) is 15.9 Å². The third-order valence-electron chi connectivity index (χ3n) is 2.42. The molecule has 0 aliphatic heterocycles. The van der Waals surface area contributed by atoms with Gasteiger partial charge >= 0.3 is 0 Å². The van der Waals surface area contributed by atoms with Gasteiger partial charge in [0.2, 0.25) is 0 Å². The molecule has 0 aliphatic rings. The quantitative estimate of drug-likeness (QED) is 0.828. The lowest BCUT2D eigenvalue weighted by Gasteiger charge is -2.10. The van der Waals surface area contributed by atoms with Gasteiger partial charge in [0.1, 0.15) is 22.6 Å². The van der Waals surface area contributed by atoms with Gasteiger partial charge in [-0.25, -0.2) is 14.4 Å². The average Bonchev–Trinajstić information content (AvgIpc) is 2.33. The second kappa shape index (κ2) is 5.72. The molecule has 1 aromatic carbocycles. The summed E-state index contributed by atoms with van der Waals surface area (Å²) in [6, 6.07) is 5.63. The molecule has 0 radical (unpaired) electrons. The Morgan fingerprint density at radius 1 is 1.16 bits per heavy atom. The van der Waals surface area contributed by atoms with Gasteiger partial charge in [-0.05, 0) is 18.2 Å². The van der Waals surface area contributed by atoms with Crippen molar-refractivity contribution in [2.75, 3.05) is 5.32 Å². The van der Waals surface area contributed by atoms with Crippen LogP contribution in [-0.2, 0) is 0 Å². The van der Waals surface area contributed by atoms with Crippen LogP contribution in [-0.4, -0.2) is 9.97 Å². The zero-order valence-corrected chi connectivity index (χ0v) is 11.9. The van der Waals surface area contributed by atoms with Gasteiger partial charge in [0.25, 0.3) is 0 Å². The predicted octanol–water partition coefficient (Wildman–Crippen LogP) is 4.79. The molecule has 0 unspecified atom stereocenters. The van der Waals surface area contributed by atoms with Crippen LogP contribution in [0.2, 0.25) is 10.2 Å². The molecular formula is C13H12Cl2FN3. The molecule has 100 valence electrons. The summed E-state index contributed by atoms with van der Waals surface area (Å²) in [7, 11) is 0. The summed E-state index contributed by atoms with van der Waals surface area (Å²) in [4.78, 5) is 8.43. The minimum atomic E-state index is -0.379. The summed E-state index contributed by atoms with van der Waals surface area (Å²) in [6.45, 7) is 3.93. The first-order chi connectivity index (χ1) is 8.95. The normalized spacial score (nSPS) is 10.8. The van der Waals surface area contributed by atoms with E-state index in [1.165, 1.54) is 18.2 Å². The predicted molar refractivity (Wildman–Crippen MR) is 75.8 cm³/mol. The number of hydrogen-bond donors (Lipinski definition) is 1. The SMILES string of the molecule is CC(C)c1nc(Cl)cc(Nc2cc(F)ccc2Cl)n1. The summed E-state index contributed by atoms with van der Waals surface area (Å²) in [6.07, 6.45) is 0. The van der Waals surface area contributed by atoms with E-state index in [1.807, 2.05) is 13.8 Å². The minimum Gasteiger partial charge on any atom is -0.339 e. The van der Waals surface area contributed by atoms with Gasteiger partial charge in [0.05, 0.1) is 10.7 Å². The maximum absolute atomic E-state index is 13.2. The van der Waals surface area contributed by atoms with Crippen LogP contribution in [0, 0.1) is 5.82 Å². The van der Waals surface area contributed by atoms with Gasteiger partial charge in [-0.2, -0.15) is 0 Å². The van der Waals surface area contributed by atoms with Gasteiger partial charge in [0.15, 0.2) is 0 Å². The Hall–Kier alpha value is -1.39. The molecule has 3 nitrogen and oxygen atoms in total. The Morgan fingerprint density at radius 3 is 2.58 bits per heavy atom. The number of hydrogen-bond acceptors (Lipinski definition) is 3. The Balaban J connectivity index is 2.35. The van der Waals surface area contributed by atoms with Gasteiger partial charge < -0.3 is 5.32 Å². The lowest BCUT2D eigenvalue weighted by Crippen LogP contribution is -2.02. The number of nitrogens with zero attached hydrogens (tertiary/aromatic N) is 2. The van der Waals surface area contributed by atoms with E-state index < -0.39 is 0 Å². The standard InChI is InChI=1S/C13H12Cl2FN3/c1-7(2)13-18-11(15)6-12(19-13)17-10-5-8(16)3-4-9(10)14/h3-7H,1-2H3,(H,17,18,19). The van der Waals surface area contributed by atoms with Crippen LogP contribution >= 0.6 is 23.2 Å². The lowest BCUT2D eigenvalue weighted by molar-refractivity contribution is 0.628. The van der Waals surface area contributed by atoms with Gasteiger partial charge in [0, 0.05) is 12.0 Å². The highest BCUT2D eigenvalue weighted by atomic mass is 35.5. The molecule has 19 heavy (non-hydrogen) atoms. The molecule has 1 aromatic heterocycles. The highest BCUT2D eigenvalue weighted by Gasteiger charge is 2.09. The van der Waals surface area contributed by atoms with E-state index in [-0.39, 0.29) is 11.7 Å². The smallest absolute Gasteiger partial charge is 0.135 e. The fourth-order valence-electron chi connectivity index (χ4n) is 1.49. The van der Waals surface area contributed by atoms with E-state index in [9.17, 15) is 4.39 Å². The summed E-state index contributed by atoms with van der Waals surface area (Å²) in [5, 5.41) is 3.67. The second-order valence-electron chi connectivity index (χ2n) is 4.34. The molecule has 0 saturated carbocycles. The molecular weight excluding hydrogens is 288 g/mol. The number of aromatic nitrogens is 2.